The van der Waals surface area contributed by atoms with E-state index in [1.54, 1.807) is 24.3 Å². The van der Waals surface area contributed by atoms with Gasteiger partial charge in [0.25, 0.3) is 5.91 Å². The molecule has 5 rings (SSSR count). The molecule has 2 unspecified atom stereocenters. The molecule has 0 saturated carbocycles. The number of rotatable bonds is 8. The minimum absolute atomic E-state index is 0.0951. The third-order valence-corrected chi connectivity index (χ3v) is 6.50. The van der Waals surface area contributed by atoms with Crippen molar-refractivity contribution in [3.8, 4) is 17.1 Å². The molecule has 1 fully saturated rings. The van der Waals surface area contributed by atoms with Crippen LogP contribution in [0.1, 0.15) is 22.6 Å². The smallest absolute Gasteiger partial charge is 0.382 e. The number of alkyl halides is 3. The van der Waals surface area contributed by atoms with Gasteiger partial charge < -0.3 is 15.2 Å². The van der Waals surface area contributed by atoms with Crippen molar-refractivity contribution in [3.63, 3.8) is 0 Å². The van der Waals surface area contributed by atoms with E-state index < -0.39 is 24.5 Å². The standard InChI is InChI=1S/C25H23ClF3N7O4/c26-16-7-5-15(6-8-16)22-33-35(24(39)34(22)11-20(37)25(27,28)29)12-21-30-14-36(32-21)19-4-2-1-3-18(19)23(38)31-17-9-10-40-13-17/h1-8,14,17,20,37H,9-13H2,(H,31,38). The second-order valence-electron chi connectivity index (χ2n) is 9.10. The number of para-hydroxylation sites is 1. The van der Waals surface area contributed by atoms with Crippen molar-refractivity contribution in [1.29, 1.82) is 0 Å². The van der Waals surface area contributed by atoms with Gasteiger partial charge in [-0.2, -0.15) is 13.2 Å². The van der Waals surface area contributed by atoms with E-state index in [0.29, 0.717) is 41.5 Å². The SMILES string of the molecule is O=C(NC1CCOC1)c1ccccc1-n1cnc(Cn2nc(-c3ccc(Cl)cc3)n(CC(O)C(F)(F)F)c2=O)n1. The zero-order chi connectivity index (χ0) is 28.4. The van der Waals surface area contributed by atoms with Gasteiger partial charge in [-0.3, -0.25) is 9.36 Å². The van der Waals surface area contributed by atoms with E-state index in [0.717, 1.165) is 9.25 Å². The number of carbonyl (C=O) groups is 1. The van der Waals surface area contributed by atoms with Gasteiger partial charge in [-0.15, -0.1) is 10.2 Å². The minimum atomic E-state index is -4.94. The molecular weight excluding hydrogens is 555 g/mol. The average molecular weight is 578 g/mol. The second kappa shape index (κ2) is 11.2. The molecule has 4 aromatic rings. The number of hydrogen-bond acceptors (Lipinski definition) is 7. The summed E-state index contributed by atoms with van der Waals surface area (Å²) < 4.78 is 47.6. The highest BCUT2D eigenvalue weighted by atomic mass is 35.5. The van der Waals surface area contributed by atoms with Crippen molar-refractivity contribution in [2.24, 2.45) is 0 Å². The van der Waals surface area contributed by atoms with Gasteiger partial charge in [0.2, 0.25) is 0 Å². The molecule has 210 valence electrons. The zero-order valence-electron chi connectivity index (χ0n) is 20.8. The Hall–Kier alpha value is -4.01. The molecule has 1 amide bonds. The molecule has 0 bridgehead atoms. The van der Waals surface area contributed by atoms with Gasteiger partial charge in [-0.05, 0) is 42.8 Å². The van der Waals surface area contributed by atoms with Crippen LogP contribution in [0.25, 0.3) is 17.1 Å². The average Bonchev–Trinajstić information content (AvgIpc) is 3.67. The van der Waals surface area contributed by atoms with Crippen LogP contribution in [-0.2, 0) is 17.8 Å². The molecule has 2 aromatic carbocycles. The van der Waals surface area contributed by atoms with Crippen molar-refractivity contribution in [3.05, 3.63) is 81.8 Å². The van der Waals surface area contributed by atoms with Gasteiger partial charge in [-0.25, -0.2) is 19.1 Å². The maximum atomic E-state index is 13.1. The van der Waals surface area contributed by atoms with Gasteiger partial charge in [0, 0.05) is 17.2 Å². The number of nitrogens with zero attached hydrogens (tertiary/aromatic N) is 6. The van der Waals surface area contributed by atoms with Crippen LogP contribution in [0.5, 0.6) is 0 Å². The molecule has 1 aliphatic rings. The molecule has 40 heavy (non-hydrogen) atoms. The first-order valence-corrected chi connectivity index (χ1v) is 12.5. The summed E-state index contributed by atoms with van der Waals surface area (Å²) in [5.41, 5.74) is 0.202. The molecule has 11 nitrogen and oxygen atoms in total. The number of aliphatic hydroxyl groups excluding tert-OH is 1. The van der Waals surface area contributed by atoms with Crippen molar-refractivity contribution < 1.29 is 27.8 Å². The van der Waals surface area contributed by atoms with Crippen LogP contribution >= 0.6 is 11.6 Å². The predicted molar refractivity (Wildman–Crippen MR) is 136 cm³/mol. The summed E-state index contributed by atoms with van der Waals surface area (Å²) in [6.07, 6.45) is -5.66. The number of ether oxygens (including phenoxy) is 1. The van der Waals surface area contributed by atoms with E-state index in [1.165, 1.54) is 35.3 Å². The largest absolute Gasteiger partial charge is 0.416 e. The fourth-order valence-corrected chi connectivity index (χ4v) is 4.32. The molecule has 15 heteroatoms. The van der Waals surface area contributed by atoms with Crippen LogP contribution in [0.15, 0.2) is 59.7 Å². The Morgan fingerprint density at radius 3 is 2.62 bits per heavy atom. The van der Waals surface area contributed by atoms with Crippen LogP contribution in [0.4, 0.5) is 13.2 Å². The molecule has 2 atom stereocenters. The van der Waals surface area contributed by atoms with Crippen molar-refractivity contribution in [2.75, 3.05) is 13.2 Å². The Morgan fingerprint density at radius 2 is 1.93 bits per heavy atom. The monoisotopic (exact) mass is 577 g/mol. The Kier molecular flexibility index (Phi) is 7.74. The lowest BCUT2D eigenvalue weighted by molar-refractivity contribution is -0.207. The van der Waals surface area contributed by atoms with Gasteiger partial charge in [0.15, 0.2) is 17.8 Å². The Bertz CT molecular complexity index is 1560. The van der Waals surface area contributed by atoms with Crippen molar-refractivity contribution in [1.82, 2.24) is 34.4 Å². The maximum Gasteiger partial charge on any atom is 0.416 e. The molecule has 0 aliphatic carbocycles. The van der Waals surface area contributed by atoms with Gasteiger partial charge in [0.1, 0.15) is 12.9 Å². The molecule has 1 saturated heterocycles. The van der Waals surface area contributed by atoms with Gasteiger partial charge in [0.05, 0.1) is 30.4 Å². The third-order valence-electron chi connectivity index (χ3n) is 6.25. The van der Waals surface area contributed by atoms with Crippen LogP contribution in [0.2, 0.25) is 5.02 Å². The molecule has 2 N–H and O–H groups in total. The number of hydrogen-bond donors (Lipinski definition) is 2. The fraction of sp³-hybridized carbons (Fsp3) is 0.320. The molecular formula is C25H23ClF3N7O4. The number of carbonyl (C=O) groups excluding carboxylic acids is 1. The lowest BCUT2D eigenvalue weighted by Gasteiger charge is -2.15. The second-order valence-corrected chi connectivity index (χ2v) is 9.53. The van der Waals surface area contributed by atoms with Crippen LogP contribution in [0, 0.1) is 0 Å². The number of aliphatic hydroxyl groups is 1. The quantitative estimate of drug-likeness (QED) is 0.329. The Labute approximate surface area is 229 Å². The molecule has 0 spiro atoms. The topological polar surface area (TPSA) is 129 Å². The molecule has 0 radical (unpaired) electrons. The zero-order valence-corrected chi connectivity index (χ0v) is 21.5. The first-order chi connectivity index (χ1) is 19.1. The van der Waals surface area contributed by atoms with Crippen LogP contribution < -0.4 is 11.0 Å². The lowest BCUT2D eigenvalue weighted by Crippen LogP contribution is -2.37. The maximum absolute atomic E-state index is 13.1. The van der Waals surface area contributed by atoms with Crippen LogP contribution in [0.3, 0.4) is 0 Å². The summed E-state index contributed by atoms with van der Waals surface area (Å²) in [5.74, 6) is -0.290. The van der Waals surface area contributed by atoms with Crippen molar-refractivity contribution >= 4 is 17.5 Å². The summed E-state index contributed by atoms with van der Waals surface area (Å²) >= 11 is 5.92. The van der Waals surface area contributed by atoms with Crippen molar-refractivity contribution in [2.45, 2.75) is 37.8 Å². The number of amides is 1. The van der Waals surface area contributed by atoms with E-state index in [9.17, 15) is 27.9 Å². The molecule has 1 aliphatic heterocycles. The van der Waals surface area contributed by atoms with Gasteiger partial charge in [-0.1, -0.05) is 23.7 Å². The number of benzene rings is 2. The first kappa shape index (κ1) is 27.6. The minimum Gasteiger partial charge on any atom is -0.382 e. The Morgan fingerprint density at radius 1 is 1.18 bits per heavy atom. The van der Waals surface area contributed by atoms with E-state index in [2.05, 4.69) is 20.5 Å². The normalized spacial score (nSPS) is 16.3. The highest BCUT2D eigenvalue weighted by molar-refractivity contribution is 6.30. The van der Waals surface area contributed by atoms with Crippen LogP contribution in [-0.4, -0.2) is 71.7 Å². The highest BCUT2D eigenvalue weighted by Gasteiger charge is 2.39. The summed E-state index contributed by atoms with van der Waals surface area (Å²) in [6.45, 7) is -0.337. The van der Waals surface area contributed by atoms with E-state index in [1.807, 2.05) is 0 Å². The number of nitrogens with one attached hydrogen (secondary N) is 1. The van der Waals surface area contributed by atoms with E-state index in [4.69, 9.17) is 16.3 Å². The summed E-state index contributed by atoms with van der Waals surface area (Å²) in [7, 11) is 0. The van der Waals surface area contributed by atoms with E-state index in [-0.39, 0.29) is 30.1 Å². The predicted octanol–water partition coefficient (Wildman–Crippen LogP) is 2.44. The number of aromatic nitrogens is 6. The highest BCUT2D eigenvalue weighted by Crippen LogP contribution is 2.24. The third kappa shape index (κ3) is 5.93. The van der Waals surface area contributed by atoms with E-state index >= 15 is 0 Å². The first-order valence-electron chi connectivity index (χ1n) is 12.2. The fourth-order valence-electron chi connectivity index (χ4n) is 4.19. The lowest BCUT2D eigenvalue weighted by atomic mass is 10.1. The van der Waals surface area contributed by atoms with Gasteiger partial charge >= 0.3 is 11.9 Å². The summed E-state index contributed by atoms with van der Waals surface area (Å²) in [4.78, 5) is 30.2. The molecule has 2 aromatic heterocycles. The summed E-state index contributed by atoms with van der Waals surface area (Å²) in [5, 5.41) is 21.5. The number of halogens is 4. The molecule has 3 heterocycles. The summed E-state index contributed by atoms with van der Waals surface area (Å²) in [6, 6.07) is 12.6. The Balaban J connectivity index is 1.43.